The fourth-order valence-electron chi connectivity index (χ4n) is 8.39. The van der Waals surface area contributed by atoms with Crippen molar-refractivity contribution < 1.29 is 0 Å². The van der Waals surface area contributed by atoms with E-state index >= 15 is 0 Å². The summed E-state index contributed by atoms with van der Waals surface area (Å²) in [5.41, 5.74) is 13.0. The predicted octanol–water partition coefficient (Wildman–Crippen LogP) is 16.6. The highest BCUT2D eigenvalue weighted by Gasteiger charge is 2.24. The number of benzene rings is 9. The fourth-order valence-corrected chi connectivity index (χ4v) is 10.6. The van der Waals surface area contributed by atoms with E-state index in [1.165, 1.54) is 84.9 Å². The van der Waals surface area contributed by atoms with Crippen LogP contribution in [0, 0.1) is 0 Å². The lowest BCUT2D eigenvalue weighted by Crippen LogP contribution is -2.12. The van der Waals surface area contributed by atoms with Crippen molar-refractivity contribution >= 4 is 80.1 Å². The topological polar surface area (TPSA) is 3.24 Å². The Labute approximate surface area is 340 Å². The first-order valence-electron chi connectivity index (χ1n) is 19.3. The van der Waals surface area contributed by atoms with Crippen LogP contribution in [0.25, 0.3) is 84.9 Å². The van der Waals surface area contributed by atoms with Crippen molar-refractivity contribution in [2.45, 2.75) is 0 Å². The lowest BCUT2D eigenvalue weighted by Gasteiger charge is -2.30. The third-order valence-corrected chi connectivity index (χ3v) is 13.4. The highest BCUT2D eigenvalue weighted by atomic mass is 32.1. The quantitative estimate of drug-likeness (QED) is 0.156. The van der Waals surface area contributed by atoms with Crippen LogP contribution in [0.15, 0.2) is 212 Å². The lowest BCUT2D eigenvalue weighted by molar-refractivity contribution is 1.29. The molecule has 9 aromatic carbocycles. The van der Waals surface area contributed by atoms with Crippen molar-refractivity contribution in [3.8, 4) is 44.5 Å². The third-order valence-electron chi connectivity index (χ3n) is 11.1. The fraction of sp³-hybridized carbons (Fsp3) is 0. The summed E-state index contributed by atoms with van der Waals surface area (Å²) >= 11 is 3.73. The first-order chi connectivity index (χ1) is 28.3. The Morgan fingerprint density at radius 1 is 0.298 bits per heavy atom. The van der Waals surface area contributed by atoms with Crippen molar-refractivity contribution in [1.82, 2.24) is 0 Å². The van der Waals surface area contributed by atoms with Crippen molar-refractivity contribution in [1.29, 1.82) is 0 Å². The molecule has 11 rings (SSSR count). The third kappa shape index (κ3) is 5.91. The van der Waals surface area contributed by atoms with Crippen LogP contribution < -0.4 is 4.90 Å². The molecular weight excluding hydrogens is 727 g/mol. The van der Waals surface area contributed by atoms with E-state index in [4.69, 9.17) is 0 Å². The van der Waals surface area contributed by atoms with Gasteiger partial charge in [-0.2, -0.15) is 0 Å². The standard InChI is InChI=1S/C54H35NS2/c1-3-13-36(14-4-1)38-23-25-40(26-24-38)53-48(32-34-52-54(53)45-19-9-12-22-50(45)57-52)55(42-30-27-39(28-31-42)37-15-5-2-6-16-37)47-20-10-7-17-43(47)41-29-33-51-46(35-41)44-18-8-11-21-49(44)56-51/h1-35H. The maximum atomic E-state index is 2.49. The maximum Gasteiger partial charge on any atom is 0.0547 e. The van der Waals surface area contributed by atoms with Crippen LogP contribution in [0.3, 0.4) is 0 Å². The first kappa shape index (κ1) is 33.5. The summed E-state index contributed by atoms with van der Waals surface area (Å²) in [6.45, 7) is 0. The van der Waals surface area contributed by atoms with Gasteiger partial charge in [-0.25, -0.2) is 0 Å². The molecule has 1 nitrogen and oxygen atoms in total. The largest absolute Gasteiger partial charge is 0.309 e. The van der Waals surface area contributed by atoms with E-state index in [1.54, 1.807) is 0 Å². The smallest absolute Gasteiger partial charge is 0.0547 e. The zero-order chi connectivity index (χ0) is 37.7. The van der Waals surface area contributed by atoms with Gasteiger partial charge in [-0.1, -0.05) is 158 Å². The van der Waals surface area contributed by atoms with Gasteiger partial charge in [0.1, 0.15) is 0 Å². The Morgan fingerprint density at radius 3 is 1.51 bits per heavy atom. The van der Waals surface area contributed by atoms with Crippen molar-refractivity contribution in [3.05, 3.63) is 212 Å². The number of nitrogens with zero attached hydrogens (tertiary/aromatic N) is 1. The average molecular weight is 762 g/mol. The van der Waals surface area contributed by atoms with E-state index in [0.29, 0.717) is 0 Å². The van der Waals surface area contributed by atoms with Gasteiger partial charge in [0.2, 0.25) is 0 Å². The van der Waals surface area contributed by atoms with E-state index in [0.717, 1.165) is 17.1 Å². The molecule has 0 saturated heterocycles. The second kappa shape index (κ2) is 14.1. The number of rotatable bonds is 7. The van der Waals surface area contributed by atoms with Gasteiger partial charge < -0.3 is 4.90 Å². The van der Waals surface area contributed by atoms with Gasteiger partial charge in [0.25, 0.3) is 0 Å². The number of thiophene rings is 2. The summed E-state index contributed by atoms with van der Waals surface area (Å²) in [6, 6.07) is 77.7. The van der Waals surface area contributed by atoms with Crippen LogP contribution in [0.4, 0.5) is 17.1 Å². The zero-order valence-electron chi connectivity index (χ0n) is 31.0. The monoisotopic (exact) mass is 761 g/mol. The molecule has 57 heavy (non-hydrogen) atoms. The van der Waals surface area contributed by atoms with Crippen LogP contribution in [-0.4, -0.2) is 0 Å². The van der Waals surface area contributed by atoms with Gasteiger partial charge in [-0.3, -0.25) is 0 Å². The van der Waals surface area contributed by atoms with Gasteiger partial charge in [0, 0.05) is 57.2 Å². The molecule has 3 heteroatoms. The van der Waals surface area contributed by atoms with Crippen LogP contribution >= 0.6 is 22.7 Å². The molecule has 0 aliphatic rings. The second-order valence-electron chi connectivity index (χ2n) is 14.4. The Balaban J connectivity index is 1.17. The van der Waals surface area contributed by atoms with E-state index < -0.39 is 0 Å². The summed E-state index contributed by atoms with van der Waals surface area (Å²) in [4.78, 5) is 2.49. The molecule has 0 fully saturated rings. The lowest BCUT2D eigenvalue weighted by atomic mass is 9.93. The second-order valence-corrected chi connectivity index (χ2v) is 16.6. The Hall–Kier alpha value is -6.78. The molecule has 2 heterocycles. The minimum absolute atomic E-state index is 1.10. The maximum absolute atomic E-state index is 2.49. The number of fused-ring (bicyclic) bond motifs is 6. The molecule has 0 bridgehead atoms. The van der Waals surface area contributed by atoms with Crippen molar-refractivity contribution in [2.75, 3.05) is 4.90 Å². The van der Waals surface area contributed by atoms with Gasteiger partial charge >= 0.3 is 0 Å². The van der Waals surface area contributed by atoms with Crippen molar-refractivity contribution in [2.24, 2.45) is 0 Å². The van der Waals surface area contributed by atoms with Crippen LogP contribution in [0.1, 0.15) is 0 Å². The SMILES string of the molecule is c1ccc(-c2ccc(-c3c(N(c4ccc(-c5ccccc5)cc4)c4ccccc4-c4ccc5sc6ccccc6c5c4)ccc4sc5ccccc5c34)cc2)cc1. The summed E-state index contributed by atoms with van der Waals surface area (Å²) in [5.74, 6) is 0. The molecule has 268 valence electrons. The minimum Gasteiger partial charge on any atom is -0.309 e. The highest BCUT2D eigenvalue weighted by Crippen LogP contribution is 2.51. The Morgan fingerprint density at radius 2 is 0.789 bits per heavy atom. The van der Waals surface area contributed by atoms with Gasteiger partial charge in [0.05, 0.1) is 11.4 Å². The van der Waals surface area contributed by atoms with E-state index in [-0.39, 0.29) is 0 Å². The Bertz CT molecular complexity index is 3210. The van der Waals surface area contributed by atoms with E-state index in [9.17, 15) is 0 Å². The average Bonchev–Trinajstić information content (AvgIpc) is 3.86. The normalized spacial score (nSPS) is 11.5. The van der Waals surface area contributed by atoms with Crippen molar-refractivity contribution in [3.63, 3.8) is 0 Å². The van der Waals surface area contributed by atoms with Gasteiger partial charge in [-0.05, 0) is 88.0 Å². The molecule has 11 aromatic rings. The van der Waals surface area contributed by atoms with Crippen LogP contribution in [-0.2, 0) is 0 Å². The molecule has 0 aliphatic carbocycles. The molecule has 0 N–H and O–H groups in total. The minimum atomic E-state index is 1.10. The molecule has 0 spiro atoms. The summed E-state index contributed by atoms with van der Waals surface area (Å²) < 4.78 is 5.20. The summed E-state index contributed by atoms with van der Waals surface area (Å²) in [7, 11) is 0. The molecule has 2 aromatic heterocycles. The molecule has 0 amide bonds. The number of hydrogen-bond donors (Lipinski definition) is 0. The van der Waals surface area contributed by atoms with Crippen LogP contribution in [0.2, 0.25) is 0 Å². The van der Waals surface area contributed by atoms with Gasteiger partial charge in [0.15, 0.2) is 0 Å². The van der Waals surface area contributed by atoms with Gasteiger partial charge in [-0.15, -0.1) is 22.7 Å². The van der Waals surface area contributed by atoms with E-state index in [1.807, 2.05) is 22.7 Å². The number of hydrogen-bond acceptors (Lipinski definition) is 3. The summed E-state index contributed by atoms with van der Waals surface area (Å²) in [5, 5.41) is 5.17. The zero-order valence-corrected chi connectivity index (χ0v) is 32.6. The molecule has 0 atom stereocenters. The Kier molecular flexibility index (Phi) is 8.28. The van der Waals surface area contributed by atoms with E-state index in [2.05, 4.69) is 217 Å². The number of anilines is 3. The first-order valence-corrected chi connectivity index (χ1v) is 21.0. The number of para-hydroxylation sites is 1. The summed E-state index contributed by atoms with van der Waals surface area (Å²) in [6.07, 6.45) is 0. The molecule has 0 unspecified atom stereocenters. The predicted molar refractivity (Wildman–Crippen MR) is 249 cm³/mol. The van der Waals surface area contributed by atoms with Crippen LogP contribution in [0.5, 0.6) is 0 Å². The molecular formula is C54H35NS2. The highest BCUT2D eigenvalue weighted by molar-refractivity contribution is 7.26. The molecule has 0 saturated carbocycles. The molecule has 0 aliphatic heterocycles. The molecule has 0 radical (unpaired) electrons.